The van der Waals surface area contributed by atoms with Gasteiger partial charge in [0.25, 0.3) is 5.91 Å². The Labute approximate surface area is 153 Å². The first kappa shape index (κ1) is 19.3. The highest BCUT2D eigenvalue weighted by molar-refractivity contribution is 5.92. The van der Waals surface area contributed by atoms with Crippen LogP contribution in [0.25, 0.3) is 0 Å². The Bertz CT molecular complexity index is 773. The number of esters is 1. The molecule has 2 aromatic carbocycles. The molecule has 6 nitrogen and oxygen atoms in total. The van der Waals surface area contributed by atoms with E-state index in [-0.39, 0.29) is 19.1 Å². The highest BCUT2D eigenvalue weighted by Crippen LogP contribution is 2.20. The summed E-state index contributed by atoms with van der Waals surface area (Å²) in [6.45, 7) is 5.65. The van der Waals surface area contributed by atoms with Crippen LogP contribution in [0.4, 0.5) is 5.69 Å². The molecule has 0 unspecified atom stereocenters. The maximum atomic E-state index is 12.1. The van der Waals surface area contributed by atoms with E-state index in [1.54, 1.807) is 31.2 Å². The summed E-state index contributed by atoms with van der Waals surface area (Å²) in [6.07, 6.45) is 0. The molecule has 0 aliphatic carbocycles. The van der Waals surface area contributed by atoms with Crippen LogP contribution in [-0.4, -0.2) is 31.7 Å². The van der Waals surface area contributed by atoms with Gasteiger partial charge >= 0.3 is 5.97 Å². The second kappa shape index (κ2) is 9.46. The maximum absolute atomic E-state index is 12.1. The normalized spacial score (nSPS) is 10.1. The van der Waals surface area contributed by atoms with Crippen LogP contribution in [0.2, 0.25) is 0 Å². The molecule has 0 atom stereocenters. The van der Waals surface area contributed by atoms with Crippen molar-refractivity contribution in [1.82, 2.24) is 0 Å². The molecule has 0 spiro atoms. The van der Waals surface area contributed by atoms with Crippen molar-refractivity contribution >= 4 is 17.6 Å². The SMILES string of the molecule is CCOC(=O)COc1cccc(NC(=O)COc2cc(C)ccc2C)c1. The lowest BCUT2D eigenvalue weighted by atomic mass is 10.1. The van der Waals surface area contributed by atoms with Crippen LogP contribution in [0.5, 0.6) is 11.5 Å². The van der Waals surface area contributed by atoms with E-state index < -0.39 is 5.97 Å². The topological polar surface area (TPSA) is 73.9 Å². The quantitative estimate of drug-likeness (QED) is 0.734. The fourth-order valence-electron chi connectivity index (χ4n) is 2.21. The van der Waals surface area contributed by atoms with Crippen LogP contribution < -0.4 is 14.8 Å². The molecule has 6 heteroatoms. The van der Waals surface area contributed by atoms with Crippen LogP contribution in [0.3, 0.4) is 0 Å². The highest BCUT2D eigenvalue weighted by atomic mass is 16.6. The number of hydrogen-bond donors (Lipinski definition) is 1. The number of aryl methyl sites for hydroxylation is 2. The molecule has 2 rings (SSSR count). The molecule has 0 saturated carbocycles. The first-order valence-corrected chi connectivity index (χ1v) is 8.36. The van der Waals surface area contributed by atoms with Crippen molar-refractivity contribution < 1.29 is 23.8 Å². The summed E-state index contributed by atoms with van der Waals surface area (Å²) < 4.78 is 15.7. The van der Waals surface area contributed by atoms with E-state index in [4.69, 9.17) is 14.2 Å². The third kappa shape index (κ3) is 6.12. The number of benzene rings is 2. The van der Waals surface area contributed by atoms with E-state index in [2.05, 4.69) is 5.32 Å². The predicted octanol–water partition coefficient (Wildman–Crippen LogP) is 3.26. The van der Waals surface area contributed by atoms with E-state index in [1.807, 2.05) is 32.0 Å². The van der Waals surface area contributed by atoms with Gasteiger partial charge in [-0.25, -0.2) is 4.79 Å². The van der Waals surface area contributed by atoms with Crippen molar-refractivity contribution in [3.63, 3.8) is 0 Å². The van der Waals surface area contributed by atoms with Gasteiger partial charge in [-0.1, -0.05) is 18.2 Å². The average molecular weight is 357 g/mol. The Hall–Kier alpha value is -3.02. The number of ether oxygens (including phenoxy) is 3. The van der Waals surface area contributed by atoms with E-state index in [0.29, 0.717) is 23.8 Å². The molecular formula is C20H23NO5. The van der Waals surface area contributed by atoms with Gasteiger partial charge in [0.2, 0.25) is 0 Å². The molecule has 0 aliphatic heterocycles. The summed E-state index contributed by atoms with van der Waals surface area (Å²) in [5, 5.41) is 2.74. The van der Waals surface area contributed by atoms with Crippen molar-refractivity contribution in [2.75, 3.05) is 25.1 Å². The minimum atomic E-state index is -0.441. The minimum absolute atomic E-state index is 0.0990. The van der Waals surface area contributed by atoms with Crippen molar-refractivity contribution in [3.8, 4) is 11.5 Å². The van der Waals surface area contributed by atoms with Gasteiger partial charge < -0.3 is 19.5 Å². The van der Waals surface area contributed by atoms with Crippen molar-refractivity contribution in [2.24, 2.45) is 0 Å². The Morgan fingerprint density at radius 3 is 2.58 bits per heavy atom. The van der Waals surface area contributed by atoms with Crippen molar-refractivity contribution in [3.05, 3.63) is 53.6 Å². The number of carbonyl (C=O) groups excluding carboxylic acids is 2. The van der Waals surface area contributed by atoms with Crippen LogP contribution >= 0.6 is 0 Å². The molecule has 0 fully saturated rings. The molecule has 0 heterocycles. The third-order valence-electron chi connectivity index (χ3n) is 3.48. The molecule has 0 aromatic heterocycles. The third-order valence-corrected chi connectivity index (χ3v) is 3.48. The summed E-state index contributed by atoms with van der Waals surface area (Å²) in [5.74, 6) is 0.426. The van der Waals surface area contributed by atoms with Gasteiger partial charge in [0.1, 0.15) is 11.5 Å². The molecule has 0 saturated heterocycles. The molecular weight excluding hydrogens is 334 g/mol. The van der Waals surface area contributed by atoms with Crippen LogP contribution in [-0.2, 0) is 14.3 Å². The Kier molecular flexibility index (Phi) is 7.02. The molecule has 26 heavy (non-hydrogen) atoms. The van der Waals surface area contributed by atoms with Crippen molar-refractivity contribution in [2.45, 2.75) is 20.8 Å². The molecule has 138 valence electrons. The van der Waals surface area contributed by atoms with Crippen LogP contribution in [0.1, 0.15) is 18.1 Å². The molecule has 0 aliphatic rings. The largest absolute Gasteiger partial charge is 0.483 e. The number of amides is 1. The van der Waals surface area contributed by atoms with Gasteiger partial charge in [0.05, 0.1) is 6.61 Å². The zero-order valence-corrected chi connectivity index (χ0v) is 15.2. The molecule has 1 N–H and O–H groups in total. The summed E-state index contributed by atoms with van der Waals surface area (Å²) >= 11 is 0. The van der Waals surface area contributed by atoms with Gasteiger partial charge in [-0.2, -0.15) is 0 Å². The van der Waals surface area contributed by atoms with Gasteiger partial charge in [-0.3, -0.25) is 4.79 Å². The number of carbonyl (C=O) groups is 2. The zero-order chi connectivity index (χ0) is 18.9. The minimum Gasteiger partial charge on any atom is -0.483 e. The van der Waals surface area contributed by atoms with Gasteiger partial charge in [-0.15, -0.1) is 0 Å². The number of anilines is 1. The van der Waals surface area contributed by atoms with Gasteiger partial charge in [0.15, 0.2) is 13.2 Å². The molecule has 2 aromatic rings. The summed E-state index contributed by atoms with van der Waals surface area (Å²) in [5.41, 5.74) is 2.59. The van der Waals surface area contributed by atoms with Gasteiger partial charge in [0, 0.05) is 11.8 Å². The second-order valence-electron chi connectivity index (χ2n) is 5.73. The lowest BCUT2D eigenvalue weighted by Gasteiger charge is -2.11. The van der Waals surface area contributed by atoms with Crippen LogP contribution in [0, 0.1) is 13.8 Å². The zero-order valence-electron chi connectivity index (χ0n) is 15.2. The first-order chi connectivity index (χ1) is 12.5. The molecule has 1 amide bonds. The summed E-state index contributed by atoms with van der Waals surface area (Å²) in [4.78, 5) is 23.4. The fourth-order valence-corrected chi connectivity index (χ4v) is 2.21. The van der Waals surface area contributed by atoms with E-state index in [0.717, 1.165) is 11.1 Å². The fraction of sp³-hybridized carbons (Fsp3) is 0.300. The number of rotatable bonds is 8. The van der Waals surface area contributed by atoms with Crippen LogP contribution in [0.15, 0.2) is 42.5 Å². The lowest BCUT2D eigenvalue weighted by molar-refractivity contribution is -0.145. The Morgan fingerprint density at radius 2 is 1.81 bits per heavy atom. The monoisotopic (exact) mass is 357 g/mol. The van der Waals surface area contributed by atoms with E-state index in [1.165, 1.54) is 0 Å². The number of hydrogen-bond acceptors (Lipinski definition) is 5. The standard InChI is InChI=1S/C20H23NO5/c1-4-24-20(23)13-25-17-7-5-6-16(11-17)21-19(22)12-26-18-10-14(2)8-9-15(18)3/h5-11H,4,12-13H2,1-3H3,(H,21,22). The van der Waals surface area contributed by atoms with E-state index in [9.17, 15) is 9.59 Å². The number of nitrogens with one attached hydrogen (secondary N) is 1. The van der Waals surface area contributed by atoms with Gasteiger partial charge in [-0.05, 0) is 50.1 Å². The predicted molar refractivity (Wildman–Crippen MR) is 98.6 cm³/mol. The first-order valence-electron chi connectivity index (χ1n) is 8.36. The highest BCUT2D eigenvalue weighted by Gasteiger charge is 2.08. The molecule has 0 radical (unpaired) electrons. The molecule has 0 bridgehead atoms. The average Bonchev–Trinajstić information content (AvgIpc) is 2.61. The summed E-state index contributed by atoms with van der Waals surface area (Å²) in [7, 11) is 0. The Balaban J connectivity index is 1.87. The summed E-state index contributed by atoms with van der Waals surface area (Å²) in [6, 6.07) is 12.6. The van der Waals surface area contributed by atoms with E-state index >= 15 is 0 Å². The lowest BCUT2D eigenvalue weighted by Crippen LogP contribution is -2.20. The maximum Gasteiger partial charge on any atom is 0.344 e. The van der Waals surface area contributed by atoms with Crippen molar-refractivity contribution in [1.29, 1.82) is 0 Å². The second-order valence-corrected chi connectivity index (χ2v) is 5.73. The smallest absolute Gasteiger partial charge is 0.344 e. The Morgan fingerprint density at radius 1 is 1.00 bits per heavy atom.